The van der Waals surface area contributed by atoms with E-state index in [1.54, 1.807) is 18.3 Å². The van der Waals surface area contributed by atoms with E-state index < -0.39 is 0 Å². The SMILES string of the molecule is CCOCCCNC(=O)c1ccnc(CN)c1. The minimum absolute atomic E-state index is 0.0985. The van der Waals surface area contributed by atoms with E-state index in [9.17, 15) is 4.79 Å². The van der Waals surface area contributed by atoms with Gasteiger partial charge in [0, 0.05) is 38.1 Å². The van der Waals surface area contributed by atoms with Gasteiger partial charge in [-0.2, -0.15) is 0 Å². The molecule has 0 spiro atoms. The molecule has 3 N–H and O–H groups in total. The van der Waals surface area contributed by atoms with Crippen molar-refractivity contribution >= 4 is 5.91 Å². The molecule has 17 heavy (non-hydrogen) atoms. The quantitative estimate of drug-likeness (QED) is 0.684. The van der Waals surface area contributed by atoms with E-state index in [4.69, 9.17) is 10.5 Å². The lowest BCUT2D eigenvalue weighted by molar-refractivity contribution is 0.0944. The molecule has 0 bridgehead atoms. The van der Waals surface area contributed by atoms with Gasteiger partial charge in [0.2, 0.25) is 0 Å². The molecule has 0 atom stereocenters. The Hall–Kier alpha value is -1.46. The molecule has 5 nitrogen and oxygen atoms in total. The Morgan fingerprint density at radius 1 is 1.59 bits per heavy atom. The van der Waals surface area contributed by atoms with E-state index in [1.807, 2.05) is 6.92 Å². The van der Waals surface area contributed by atoms with Gasteiger partial charge < -0.3 is 15.8 Å². The number of ether oxygens (including phenoxy) is 1. The summed E-state index contributed by atoms with van der Waals surface area (Å²) in [4.78, 5) is 15.8. The number of rotatable bonds is 7. The maximum atomic E-state index is 11.7. The Kier molecular flexibility index (Phi) is 6.21. The second-order valence-electron chi connectivity index (χ2n) is 3.55. The van der Waals surface area contributed by atoms with E-state index in [2.05, 4.69) is 10.3 Å². The largest absolute Gasteiger partial charge is 0.382 e. The van der Waals surface area contributed by atoms with Gasteiger partial charge in [-0.3, -0.25) is 9.78 Å². The minimum atomic E-state index is -0.0985. The topological polar surface area (TPSA) is 77.2 Å². The molecular weight excluding hydrogens is 218 g/mol. The molecule has 94 valence electrons. The van der Waals surface area contributed by atoms with Crippen molar-refractivity contribution in [3.63, 3.8) is 0 Å². The van der Waals surface area contributed by atoms with Gasteiger partial charge in [-0.25, -0.2) is 0 Å². The fraction of sp³-hybridized carbons (Fsp3) is 0.500. The van der Waals surface area contributed by atoms with Gasteiger partial charge in [-0.1, -0.05) is 0 Å². The summed E-state index contributed by atoms with van der Waals surface area (Å²) in [6.45, 7) is 4.27. The molecular formula is C12H19N3O2. The van der Waals surface area contributed by atoms with Gasteiger partial charge in [-0.15, -0.1) is 0 Å². The average Bonchev–Trinajstić information content (AvgIpc) is 2.38. The van der Waals surface area contributed by atoms with Crippen molar-refractivity contribution < 1.29 is 9.53 Å². The van der Waals surface area contributed by atoms with Crippen molar-refractivity contribution in [2.24, 2.45) is 5.73 Å². The first kappa shape index (κ1) is 13.6. The third kappa shape index (κ3) is 4.93. The number of pyridine rings is 1. The lowest BCUT2D eigenvalue weighted by Gasteiger charge is -2.06. The Morgan fingerprint density at radius 3 is 3.12 bits per heavy atom. The first-order chi connectivity index (χ1) is 8.27. The van der Waals surface area contributed by atoms with Gasteiger partial charge in [0.1, 0.15) is 0 Å². The van der Waals surface area contributed by atoms with Crippen LogP contribution in [0.25, 0.3) is 0 Å². The van der Waals surface area contributed by atoms with E-state index in [1.165, 1.54) is 0 Å². The Morgan fingerprint density at radius 2 is 2.41 bits per heavy atom. The normalized spacial score (nSPS) is 10.2. The number of hydrogen-bond donors (Lipinski definition) is 2. The zero-order valence-corrected chi connectivity index (χ0v) is 10.1. The molecule has 1 aromatic heterocycles. The number of nitrogens with zero attached hydrogens (tertiary/aromatic N) is 1. The van der Waals surface area contributed by atoms with Crippen LogP contribution < -0.4 is 11.1 Å². The molecule has 1 heterocycles. The van der Waals surface area contributed by atoms with Crippen molar-refractivity contribution in [2.75, 3.05) is 19.8 Å². The van der Waals surface area contributed by atoms with E-state index in [0.29, 0.717) is 37.6 Å². The number of amides is 1. The van der Waals surface area contributed by atoms with Crippen molar-refractivity contribution in [3.8, 4) is 0 Å². The highest BCUT2D eigenvalue weighted by atomic mass is 16.5. The summed E-state index contributed by atoms with van der Waals surface area (Å²) in [6.07, 6.45) is 2.41. The summed E-state index contributed by atoms with van der Waals surface area (Å²) in [5, 5.41) is 2.82. The van der Waals surface area contributed by atoms with E-state index in [-0.39, 0.29) is 5.91 Å². The van der Waals surface area contributed by atoms with Crippen LogP contribution in [0.15, 0.2) is 18.3 Å². The first-order valence-corrected chi connectivity index (χ1v) is 5.79. The summed E-state index contributed by atoms with van der Waals surface area (Å²) in [5.74, 6) is -0.0985. The predicted octanol–water partition coefficient (Wildman–Crippen LogP) is 0.697. The summed E-state index contributed by atoms with van der Waals surface area (Å²) in [5.41, 5.74) is 6.77. The number of carbonyl (C=O) groups excluding carboxylic acids is 1. The van der Waals surface area contributed by atoms with Gasteiger partial charge in [0.25, 0.3) is 5.91 Å². The highest BCUT2D eigenvalue weighted by Crippen LogP contribution is 2.01. The summed E-state index contributed by atoms with van der Waals surface area (Å²) in [7, 11) is 0. The summed E-state index contributed by atoms with van der Waals surface area (Å²) >= 11 is 0. The predicted molar refractivity (Wildman–Crippen MR) is 65.6 cm³/mol. The van der Waals surface area contributed by atoms with Crippen LogP contribution in [-0.4, -0.2) is 30.6 Å². The molecule has 0 saturated heterocycles. The third-order valence-corrected chi connectivity index (χ3v) is 2.24. The zero-order chi connectivity index (χ0) is 12.5. The first-order valence-electron chi connectivity index (χ1n) is 5.79. The maximum absolute atomic E-state index is 11.7. The van der Waals surface area contributed by atoms with Gasteiger partial charge >= 0.3 is 0 Å². The second kappa shape index (κ2) is 7.76. The lowest BCUT2D eigenvalue weighted by atomic mass is 10.2. The molecule has 0 aromatic carbocycles. The summed E-state index contributed by atoms with van der Waals surface area (Å²) < 4.78 is 5.18. The maximum Gasteiger partial charge on any atom is 0.251 e. The van der Waals surface area contributed by atoms with Gasteiger partial charge in [0.15, 0.2) is 0 Å². The van der Waals surface area contributed by atoms with Gasteiger partial charge in [-0.05, 0) is 25.5 Å². The van der Waals surface area contributed by atoms with Crippen molar-refractivity contribution in [3.05, 3.63) is 29.6 Å². The Labute approximate surface area is 101 Å². The number of carbonyl (C=O) groups is 1. The van der Waals surface area contributed by atoms with Crippen LogP contribution in [0, 0.1) is 0 Å². The molecule has 0 fully saturated rings. The minimum Gasteiger partial charge on any atom is -0.382 e. The zero-order valence-electron chi connectivity index (χ0n) is 10.1. The number of nitrogens with two attached hydrogens (primary N) is 1. The van der Waals surface area contributed by atoms with Crippen LogP contribution in [-0.2, 0) is 11.3 Å². The van der Waals surface area contributed by atoms with E-state index >= 15 is 0 Å². The fourth-order valence-electron chi connectivity index (χ4n) is 1.35. The highest BCUT2D eigenvalue weighted by Gasteiger charge is 2.05. The van der Waals surface area contributed by atoms with Crippen molar-refractivity contribution in [1.82, 2.24) is 10.3 Å². The molecule has 0 radical (unpaired) electrons. The highest BCUT2D eigenvalue weighted by molar-refractivity contribution is 5.94. The standard InChI is InChI=1S/C12H19N3O2/c1-2-17-7-3-5-15-12(16)10-4-6-14-11(8-10)9-13/h4,6,8H,2-3,5,7,9,13H2,1H3,(H,15,16). The molecule has 0 aliphatic rings. The van der Waals surface area contributed by atoms with Crippen LogP contribution in [0.1, 0.15) is 29.4 Å². The number of aromatic nitrogens is 1. The van der Waals surface area contributed by atoms with Crippen LogP contribution in [0.3, 0.4) is 0 Å². The van der Waals surface area contributed by atoms with Crippen LogP contribution in [0.2, 0.25) is 0 Å². The molecule has 1 rings (SSSR count). The van der Waals surface area contributed by atoms with Crippen LogP contribution in [0.5, 0.6) is 0 Å². The Bertz CT molecular complexity index is 355. The average molecular weight is 237 g/mol. The van der Waals surface area contributed by atoms with Gasteiger partial charge in [0.05, 0.1) is 5.69 Å². The lowest BCUT2D eigenvalue weighted by Crippen LogP contribution is -2.25. The molecule has 0 unspecified atom stereocenters. The monoisotopic (exact) mass is 237 g/mol. The van der Waals surface area contributed by atoms with Crippen molar-refractivity contribution in [2.45, 2.75) is 19.9 Å². The number of hydrogen-bond acceptors (Lipinski definition) is 4. The molecule has 0 saturated carbocycles. The molecule has 5 heteroatoms. The second-order valence-corrected chi connectivity index (χ2v) is 3.55. The third-order valence-electron chi connectivity index (χ3n) is 2.24. The fourth-order valence-corrected chi connectivity index (χ4v) is 1.35. The Balaban J connectivity index is 2.36. The van der Waals surface area contributed by atoms with Crippen LogP contribution >= 0.6 is 0 Å². The van der Waals surface area contributed by atoms with E-state index in [0.717, 1.165) is 6.42 Å². The molecule has 0 aliphatic heterocycles. The molecule has 1 amide bonds. The van der Waals surface area contributed by atoms with Crippen molar-refractivity contribution in [1.29, 1.82) is 0 Å². The number of nitrogens with one attached hydrogen (secondary N) is 1. The smallest absolute Gasteiger partial charge is 0.251 e. The van der Waals surface area contributed by atoms with Crippen LogP contribution in [0.4, 0.5) is 0 Å². The molecule has 1 aromatic rings. The summed E-state index contributed by atoms with van der Waals surface area (Å²) in [6, 6.07) is 3.38. The molecule has 0 aliphatic carbocycles.